The number of hydrogen-bond donors (Lipinski definition) is 2. The highest BCUT2D eigenvalue weighted by Crippen LogP contribution is 2.20. The molecule has 15 heavy (non-hydrogen) atoms. The van der Waals surface area contributed by atoms with Gasteiger partial charge >= 0.3 is 0 Å². The van der Waals surface area contributed by atoms with Gasteiger partial charge in [0.1, 0.15) is 0 Å². The van der Waals surface area contributed by atoms with E-state index in [-0.39, 0.29) is 6.04 Å². The molecule has 0 aliphatic carbocycles. The summed E-state index contributed by atoms with van der Waals surface area (Å²) in [5.41, 5.74) is 10.1. The lowest BCUT2D eigenvalue weighted by atomic mass is 9.97. The Hall–Kier alpha value is -0.860. The van der Waals surface area contributed by atoms with Gasteiger partial charge in [-0.3, -0.25) is 0 Å². The van der Waals surface area contributed by atoms with Gasteiger partial charge in [-0.25, -0.2) is 0 Å². The van der Waals surface area contributed by atoms with Crippen LogP contribution in [0.5, 0.6) is 0 Å². The highest BCUT2D eigenvalue weighted by atomic mass is 14.8. The molecule has 0 aliphatic rings. The Labute approximate surface area is 92.9 Å². The molecular formula is C13H22N2. The van der Waals surface area contributed by atoms with E-state index >= 15 is 0 Å². The van der Waals surface area contributed by atoms with E-state index in [2.05, 4.69) is 37.4 Å². The number of nitrogens with two attached hydrogens (primary N) is 1. The number of hydrogen-bond acceptors (Lipinski definition) is 2. The first-order chi connectivity index (χ1) is 7.15. The lowest BCUT2D eigenvalue weighted by Crippen LogP contribution is -2.15. The second-order valence-corrected chi connectivity index (χ2v) is 4.21. The van der Waals surface area contributed by atoms with Crippen LogP contribution in [0.25, 0.3) is 0 Å². The quantitative estimate of drug-likeness (QED) is 0.725. The van der Waals surface area contributed by atoms with E-state index in [4.69, 9.17) is 5.73 Å². The van der Waals surface area contributed by atoms with Crippen LogP contribution >= 0.6 is 0 Å². The van der Waals surface area contributed by atoms with Crippen molar-refractivity contribution in [2.45, 2.75) is 32.7 Å². The predicted octanol–water partition coefficient (Wildman–Crippen LogP) is 2.30. The lowest BCUT2D eigenvalue weighted by molar-refractivity contribution is 0.588. The van der Waals surface area contributed by atoms with E-state index in [0.29, 0.717) is 0 Å². The first-order valence-corrected chi connectivity index (χ1v) is 5.62. The Morgan fingerprint density at radius 1 is 1.33 bits per heavy atom. The first-order valence-electron chi connectivity index (χ1n) is 5.62. The topological polar surface area (TPSA) is 38.0 Å². The van der Waals surface area contributed by atoms with E-state index in [1.807, 2.05) is 7.05 Å². The molecule has 84 valence electrons. The minimum Gasteiger partial charge on any atom is -0.324 e. The Morgan fingerprint density at radius 3 is 2.67 bits per heavy atom. The number of benzene rings is 1. The minimum absolute atomic E-state index is 0.180. The highest BCUT2D eigenvalue weighted by Gasteiger charge is 2.07. The Morgan fingerprint density at radius 2 is 2.07 bits per heavy atom. The van der Waals surface area contributed by atoms with Gasteiger partial charge in [-0.15, -0.1) is 0 Å². The van der Waals surface area contributed by atoms with Gasteiger partial charge in [0.15, 0.2) is 0 Å². The molecule has 1 unspecified atom stereocenters. The summed E-state index contributed by atoms with van der Waals surface area (Å²) in [6.45, 7) is 5.29. The summed E-state index contributed by atoms with van der Waals surface area (Å²) in [5, 5.41) is 3.14. The van der Waals surface area contributed by atoms with Crippen molar-refractivity contribution in [2.75, 3.05) is 13.6 Å². The van der Waals surface area contributed by atoms with Crippen molar-refractivity contribution < 1.29 is 0 Å². The second kappa shape index (κ2) is 5.89. The monoisotopic (exact) mass is 206 g/mol. The molecule has 2 nitrogen and oxygen atoms in total. The zero-order chi connectivity index (χ0) is 11.3. The molecule has 0 aromatic heterocycles. The van der Waals surface area contributed by atoms with Crippen LogP contribution < -0.4 is 11.1 Å². The summed E-state index contributed by atoms with van der Waals surface area (Å²) in [6.07, 6.45) is 2.18. The van der Waals surface area contributed by atoms with Gasteiger partial charge in [0.2, 0.25) is 0 Å². The molecule has 0 fully saturated rings. The van der Waals surface area contributed by atoms with E-state index < -0.39 is 0 Å². The van der Waals surface area contributed by atoms with Crippen molar-refractivity contribution in [3.8, 4) is 0 Å². The third-order valence-corrected chi connectivity index (χ3v) is 2.77. The maximum atomic E-state index is 6.16. The third kappa shape index (κ3) is 3.65. The number of nitrogens with one attached hydrogen (secondary N) is 1. The molecule has 0 bridgehead atoms. The van der Waals surface area contributed by atoms with Crippen LogP contribution in [0, 0.1) is 13.8 Å². The Bertz CT molecular complexity index is 307. The summed E-state index contributed by atoms with van der Waals surface area (Å²) in [5.74, 6) is 0. The molecule has 2 heteroatoms. The van der Waals surface area contributed by atoms with Crippen LogP contribution in [0.2, 0.25) is 0 Å². The fourth-order valence-corrected chi connectivity index (χ4v) is 1.90. The average Bonchev–Trinajstić information content (AvgIpc) is 2.17. The molecule has 0 radical (unpaired) electrons. The maximum Gasteiger partial charge on any atom is 0.0297 e. The van der Waals surface area contributed by atoms with Gasteiger partial charge in [-0.1, -0.05) is 23.8 Å². The highest BCUT2D eigenvalue weighted by molar-refractivity contribution is 5.32. The van der Waals surface area contributed by atoms with Crippen molar-refractivity contribution in [1.29, 1.82) is 0 Å². The normalized spacial score (nSPS) is 12.8. The van der Waals surface area contributed by atoms with Crippen LogP contribution in [0.15, 0.2) is 18.2 Å². The van der Waals surface area contributed by atoms with Crippen molar-refractivity contribution in [3.63, 3.8) is 0 Å². The summed E-state index contributed by atoms with van der Waals surface area (Å²) in [6, 6.07) is 6.68. The van der Waals surface area contributed by atoms with Gasteiger partial charge in [0, 0.05) is 6.04 Å². The third-order valence-electron chi connectivity index (χ3n) is 2.77. The van der Waals surface area contributed by atoms with Crippen LogP contribution in [0.4, 0.5) is 0 Å². The van der Waals surface area contributed by atoms with Crippen molar-refractivity contribution >= 4 is 0 Å². The van der Waals surface area contributed by atoms with Gasteiger partial charge in [-0.2, -0.15) is 0 Å². The molecule has 3 N–H and O–H groups in total. The van der Waals surface area contributed by atoms with Crippen molar-refractivity contribution in [2.24, 2.45) is 5.73 Å². The Balaban J connectivity index is 2.61. The summed E-state index contributed by atoms with van der Waals surface area (Å²) in [7, 11) is 1.97. The van der Waals surface area contributed by atoms with Gasteiger partial charge in [-0.05, 0) is 51.4 Å². The fraction of sp³-hybridized carbons (Fsp3) is 0.538. The molecule has 0 heterocycles. The van der Waals surface area contributed by atoms with E-state index in [0.717, 1.165) is 19.4 Å². The van der Waals surface area contributed by atoms with Gasteiger partial charge in [0.05, 0.1) is 0 Å². The predicted molar refractivity (Wildman–Crippen MR) is 66.0 cm³/mol. The lowest BCUT2D eigenvalue weighted by Gasteiger charge is -2.15. The Kier molecular flexibility index (Phi) is 4.79. The summed E-state index contributed by atoms with van der Waals surface area (Å²) in [4.78, 5) is 0. The molecule has 1 aromatic rings. The standard InChI is InChI=1S/C13H22N2/c1-10-6-7-12(11(2)9-10)13(14)5-4-8-15-3/h6-7,9,13,15H,4-5,8,14H2,1-3H3. The molecular weight excluding hydrogens is 184 g/mol. The number of rotatable bonds is 5. The number of aryl methyl sites for hydroxylation is 2. The molecule has 1 aromatic carbocycles. The zero-order valence-corrected chi connectivity index (χ0v) is 10.0. The van der Waals surface area contributed by atoms with Crippen LogP contribution in [-0.4, -0.2) is 13.6 Å². The second-order valence-electron chi connectivity index (χ2n) is 4.21. The van der Waals surface area contributed by atoms with Gasteiger partial charge < -0.3 is 11.1 Å². The van der Waals surface area contributed by atoms with Crippen molar-refractivity contribution in [3.05, 3.63) is 34.9 Å². The zero-order valence-electron chi connectivity index (χ0n) is 10.0. The van der Waals surface area contributed by atoms with Crippen LogP contribution in [0.1, 0.15) is 35.6 Å². The SMILES string of the molecule is CNCCCC(N)c1ccc(C)cc1C. The largest absolute Gasteiger partial charge is 0.324 e. The molecule has 1 rings (SSSR count). The molecule has 0 spiro atoms. The molecule has 0 saturated heterocycles. The summed E-state index contributed by atoms with van der Waals surface area (Å²) >= 11 is 0. The molecule has 0 saturated carbocycles. The van der Waals surface area contributed by atoms with Crippen molar-refractivity contribution in [1.82, 2.24) is 5.32 Å². The van der Waals surface area contributed by atoms with E-state index in [9.17, 15) is 0 Å². The smallest absolute Gasteiger partial charge is 0.0297 e. The fourth-order valence-electron chi connectivity index (χ4n) is 1.90. The van der Waals surface area contributed by atoms with E-state index in [1.165, 1.54) is 16.7 Å². The molecule has 1 atom stereocenters. The average molecular weight is 206 g/mol. The molecule has 0 aliphatic heterocycles. The molecule has 0 amide bonds. The van der Waals surface area contributed by atoms with Crippen LogP contribution in [0.3, 0.4) is 0 Å². The van der Waals surface area contributed by atoms with E-state index in [1.54, 1.807) is 0 Å². The van der Waals surface area contributed by atoms with Gasteiger partial charge in [0.25, 0.3) is 0 Å². The maximum absolute atomic E-state index is 6.16. The first kappa shape index (κ1) is 12.2. The summed E-state index contributed by atoms with van der Waals surface area (Å²) < 4.78 is 0. The minimum atomic E-state index is 0.180. The van der Waals surface area contributed by atoms with Crippen LogP contribution in [-0.2, 0) is 0 Å².